The standard InChI is InChI=1S/C31H44O7/c1-5-29(32)36-18-6-7-19-37-30(33)26-16-17-27(28(20-26)35-4)38-31(34)25-14-12-24(13-15-25)23-10-8-22(9-11-23)21(2)3/h5,16-17,20-25H,1,6-15,18-19H2,2-4H3. The van der Waals surface area contributed by atoms with Gasteiger partial charge >= 0.3 is 17.9 Å². The molecule has 1 aromatic rings. The molecule has 38 heavy (non-hydrogen) atoms. The molecule has 0 aliphatic heterocycles. The number of unbranched alkanes of at least 4 members (excludes halogenated alkanes) is 1. The van der Waals surface area contributed by atoms with E-state index in [0.717, 1.165) is 55.4 Å². The smallest absolute Gasteiger partial charge is 0.338 e. The maximum atomic E-state index is 12.9. The number of hydrogen-bond acceptors (Lipinski definition) is 7. The number of methoxy groups -OCH3 is 1. The number of rotatable bonds is 12. The molecule has 7 heteroatoms. The molecular formula is C31H44O7. The highest BCUT2D eigenvalue weighted by atomic mass is 16.6. The van der Waals surface area contributed by atoms with E-state index in [-0.39, 0.29) is 25.1 Å². The van der Waals surface area contributed by atoms with Crippen molar-refractivity contribution in [3.63, 3.8) is 0 Å². The fourth-order valence-corrected chi connectivity index (χ4v) is 5.86. The van der Waals surface area contributed by atoms with Gasteiger partial charge in [-0.05, 0) is 106 Å². The quantitative estimate of drug-likeness (QED) is 0.132. The van der Waals surface area contributed by atoms with Crippen molar-refractivity contribution in [2.75, 3.05) is 20.3 Å². The Morgan fingerprint density at radius 1 is 0.895 bits per heavy atom. The predicted octanol–water partition coefficient (Wildman–Crippen LogP) is 6.54. The number of ether oxygens (including phenoxy) is 4. The van der Waals surface area contributed by atoms with Crippen LogP contribution in [-0.4, -0.2) is 38.2 Å². The van der Waals surface area contributed by atoms with Gasteiger partial charge in [0.2, 0.25) is 0 Å². The molecule has 0 bridgehead atoms. The third kappa shape index (κ3) is 8.60. The molecular weight excluding hydrogens is 484 g/mol. The summed E-state index contributed by atoms with van der Waals surface area (Å²) in [5.74, 6) is 2.54. The lowest BCUT2D eigenvalue weighted by atomic mass is 9.68. The van der Waals surface area contributed by atoms with Gasteiger partial charge in [0.05, 0.1) is 31.8 Å². The van der Waals surface area contributed by atoms with E-state index in [1.165, 1.54) is 38.9 Å². The highest BCUT2D eigenvalue weighted by Crippen LogP contribution is 2.43. The molecule has 1 aromatic carbocycles. The minimum atomic E-state index is -0.495. The number of benzene rings is 1. The lowest BCUT2D eigenvalue weighted by molar-refractivity contribution is -0.140. The summed E-state index contributed by atoms with van der Waals surface area (Å²) in [5, 5.41) is 0. The van der Waals surface area contributed by atoms with Crippen molar-refractivity contribution in [2.24, 2.45) is 29.6 Å². The van der Waals surface area contributed by atoms with Crippen molar-refractivity contribution in [3.05, 3.63) is 36.4 Å². The Bertz CT molecular complexity index is 938. The first-order valence-electron chi connectivity index (χ1n) is 14.2. The van der Waals surface area contributed by atoms with Crippen molar-refractivity contribution in [3.8, 4) is 11.5 Å². The van der Waals surface area contributed by atoms with Gasteiger partial charge < -0.3 is 18.9 Å². The molecule has 0 saturated heterocycles. The van der Waals surface area contributed by atoms with Gasteiger partial charge in [0.1, 0.15) is 0 Å². The SMILES string of the molecule is C=CC(=O)OCCCCOC(=O)c1ccc(OC(=O)C2CCC(C3CCC(C(C)C)CC3)CC2)c(OC)c1. The van der Waals surface area contributed by atoms with Crippen LogP contribution in [0.15, 0.2) is 30.9 Å². The molecule has 0 atom stereocenters. The van der Waals surface area contributed by atoms with E-state index in [2.05, 4.69) is 20.4 Å². The number of hydrogen-bond donors (Lipinski definition) is 0. The molecule has 0 spiro atoms. The molecule has 2 saturated carbocycles. The van der Waals surface area contributed by atoms with Crippen molar-refractivity contribution in [2.45, 2.75) is 78.1 Å². The van der Waals surface area contributed by atoms with Gasteiger partial charge in [-0.3, -0.25) is 4.79 Å². The summed E-state index contributed by atoms with van der Waals surface area (Å²) in [6.45, 7) is 8.46. The molecule has 2 aliphatic rings. The van der Waals surface area contributed by atoms with Crippen LogP contribution in [0.3, 0.4) is 0 Å². The summed E-state index contributed by atoms with van der Waals surface area (Å²) >= 11 is 0. The van der Waals surface area contributed by atoms with Crippen molar-refractivity contribution in [1.82, 2.24) is 0 Å². The lowest BCUT2D eigenvalue weighted by Gasteiger charge is -2.38. The van der Waals surface area contributed by atoms with E-state index < -0.39 is 11.9 Å². The van der Waals surface area contributed by atoms with Crippen LogP contribution in [0.25, 0.3) is 0 Å². The van der Waals surface area contributed by atoms with E-state index >= 15 is 0 Å². The van der Waals surface area contributed by atoms with E-state index in [1.807, 2.05) is 0 Å². The van der Waals surface area contributed by atoms with Crippen LogP contribution < -0.4 is 9.47 Å². The summed E-state index contributed by atoms with van der Waals surface area (Å²) in [6, 6.07) is 4.69. The van der Waals surface area contributed by atoms with Crippen LogP contribution in [0.1, 0.15) is 88.4 Å². The molecule has 0 radical (unpaired) electrons. The van der Waals surface area contributed by atoms with Crippen LogP contribution in [0.2, 0.25) is 0 Å². The second-order valence-corrected chi connectivity index (χ2v) is 11.0. The summed E-state index contributed by atoms with van der Waals surface area (Å²) in [4.78, 5) is 36.4. The maximum Gasteiger partial charge on any atom is 0.338 e. The number of esters is 3. The molecule has 0 unspecified atom stereocenters. The third-order valence-electron chi connectivity index (χ3n) is 8.32. The third-order valence-corrected chi connectivity index (χ3v) is 8.32. The van der Waals surface area contributed by atoms with Crippen LogP contribution >= 0.6 is 0 Å². The number of carbonyl (C=O) groups is 3. The van der Waals surface area contributed by atoms with Gasteiger partial charge in [-0.1, -0.05) is 20.4 Å². The van der Waals surface area contributed by atoms with E-state index in [1.54, 1.807) is 12.1 Å². The molecule has 7 nitrogen and oxygen atoms in total. The maximum absolute atomic E-state index is 12.9. The van der Waals surface area contributed by atoms with Gasteiger partial charge in [0.15, 0.2) is 11.5 Å². The van der Waals surface area contributed by atoms with Gasteiger partial charge in [-0.25, -0.2) is 9.59 Å². The molecule has 0 aromatic heterocycles. The highest BCUT2D eigenvalue weighted by Gasteiger charge is 2.34. The second kappa shape index (κ2) is 14.9. The van der Waals surface area contributed by atoms with Crippen LogP contribution in [0.5, 0.6) is 11.5 Å². The summed E-state index contributed by atoms with van der Waals surface area (Å²) in [5.41, 5.74) is 0.312. The van der Waals surface area contributed by atoms with Crippen LogP contribution in [-0.2, 0) is 19.1 Å². The lowest BCUT2D eigenvalue weighted by Crippen LogP contribution is -2.30. The van der Waals surface area contributed by atoms with Crippen molar-refractivity contribution >= 4 is 17.9 Å². The zero-order valence-corrected chi connectivity index (χ0v) is 23.2. The molecule has 210 valence electrons. The first-order chi connectivity index (χ1) is 18.3. The fraction of sp³-hybridized carbons (Fsp3) is 0.645. The Morgan fingerprint density at radius 2 is 1.50 bits per heavy atom. The summed E-state index contributed by atoms with van der Waals surface area (Å²) in [6.07, 6.45) is 11.5. The topological polar surface area (TPSA) is 88.1 Å². The first kappa shape index (κ1) is 29.7. The molecule has 0 N–H and O–H groups in total. The molecule has 3 rings (SSSR count). The van der Waals surface area contributed by atoms with E-state index in [4.69, 9.17) is 18.9 Å². The van der Waals surface area contributed by atoms with Gasteiger partial charge in [-0.15, -0.1) is 0 Å². The Morgan fingerprint density at radius 3 is 2.08 bits per heavy atom. The Hall–Kier alpha value is -2.83. The molecule has 0 heterocycles. The minimum absolute atomic E-state index is 0.0987. The van der Waals surface area contributed by atoms with Gasteiger partial charge in [0.25, 0.3) is 0 Å². The van der Waals surface area contributed by atoms with Crippen LogP contribution in [0.4, 0.5) is 0 Å². The monoisotopic (exact) mass is 528 g/mol. The molecule has 2 aliphatic carbocycles. The highest BCUT2D eigenvalue weighted by molar-refractivity contribution is 5.90. The predicted molar refractivity (Wildman–Crippen MR) is 145 cm³/mol. The summed E-state index contributed by atoms with van der Waals surface area (Å²) in [7, 11) is 1.48. The zero-order chi connectivity index (χ0) is 27.5. The Kier molecular flexibility index (Phi) is 11.7. The Balaban J connectivity index is 1.43. The Labute approximate surface area is 227 Å². The molecule has 2 fully saturated rings. The fourth-order valence-electron chi connectivity index (χ4n) is 5.86. The van der Waals surface area contributed by atoms with Gasteiger partial charge in [-0.2, -0.15) is 0 Å². The van der Waals surface area contributed by atoms with E-state index in [0.29, 0.717) is 29.9 Å². The summed E-state index contributed by atoms with van der Waals surface area (Å²) < 4.78 is 21.3. The van der Waals surface area contributed by atoms with Gasteiger partial charge in [0, 0.05) is 6.08 Å². The largest absolute Gasteiger partial charge is 0.493 e. The van der Waals surface area contributed by atoms with E-state index in [9.17, 15) is 14.4 Å². The van der Waals surface area contributed by atoms with Crippen molar-refractivity contribution < 1.29 is 33.3 Å². The average molecular weight is 529 g/mol. The molecule has 0 amide bonds. The minimum Gasteiger partial charge on any atom is -0.493 e. The second-order valence-electron chi connectivity index (χ2n) is 11.0. The zero-order valence-electron chi connectivity index (χ0n) is 23.2. The van der Waals surface area contributed by atoms with Crippen molar-refractivity contribution in [1.29, 1.82) is 0 Å². The number of carbonyl (C=O) groups excluding carboxylic acids is 3. The average Bonchev–Trinajstić information content (AvgIpc) is 2.94. The first-order valence-corrected chi connectivity index (χ1v) is 14.2. The van der Waals surface area contributed by atoms with Crippen LogP contribution in [0, 0.1) is 29.6 Å². The normalized spacial score (nSPS) is 23.4.